The van der Waals surface area contributed by atoms with E-state index in [0.717, 1.165) is 36.6 Å². The van der Waals surface area contributed by atoms with Crippen LogP contribution in [0.2, 0.25) is 0 Å². The molecule has 2 aromatic carbocycles. The van der Waals surface area contributed by atoms with E-state index < -0.39 is 15.9 Å². The Labute approximate surface area is 182 Å². The minimum absolute atomic E-state index is 0.0972. The van der Waals surface area contributed by atoms with Gasteiger partial charge in [-0.2, -0.15) is 4.31 Å². The highest BCUT2D eigenvalue weighted by atomic mass is 32.2. The highest BCUT2D eigenvalue weighted by Crippen LogP contribution is 2.28. The van der Waals surface area contributed by atoms with Crippen molar-refractivity contribution < 1.29 is 17.9 Å². The summed E-state index contributed by atoms with van der Waals surface area (Å²) in [5.41, 5.74) is 1.52. The van der Waals surface area contributed by atoms with E-state index in [2.05, 4.69) is 10.3 Å². The van der Waals surface area contributed by atoms with Crippen LogP contribution in [-0.2, 0) is 10.0 Å². The van der Waals surface area contributed by atoms with Gasteiger partial charge in [-0.15, -0.1) is 0 Å². The zero-order chi connectivity index (χ0) is 21.8. The summed E-state index contributed by atoms with van der Waals surface area (Å²) in [6, 6.07) is 13.6. The number of ether oxygens (including phenoxy) is 1. The number of methoxy groups -OCH3 is 1. The minimum Gasteiger partial charge on any atom is -0.496 e. The molecule has 0 aliphatic carbocycles. The first-order chi connectivity index (χ1) is 15.0. The van der Waals surface area contributed by atoms with Crippen LogP contribution in [0.3, 0.4) is 0 Å². The van der Waals surface area contributed by atoms with Crippen molar-refractivity contribution in [2.75, 3.05) is 25.5 Å². The van der Waals surface area contributed by atoms with E-state index in [0.29, 0.717) is 24.5 Å². The van der Waals surface area contributed by atoms with E-state index in [-0.39, 0.29) is 10.5 Å². The zero-order valence-corrected chi connectivity index (χ0v) is 18.2. The Kier molecular flexibility index (Phi) is 6.20. The van der Waals surface area contributed by atoms with Crippen molar-refractivity contribution in [2.24, 2.45) is 0 Å². The molecule has 0 radical (unpaired) electrons. The van der Waals surface area contributed by atoms with Gasteiger partial charge in [0.2, 0.25) is 10.0 Å². The highest BCUT2D eigenvalue weighted by Gasteiger charge is 2.27. The summed E-state index contributed by atoms with van der Waals surface area (Å²) >= 11 is 0. The third-order valence-corrected chi connectivity index (χ3v) is 7.41. The molecule has 0 saturated carbocycles. The summed E-state index contributed by atoms with van der Waals surface area (Å²) in [5, 5.41) is 3.67. The van der Waals surface area contributed by atoms with Crippen LogP contribution in [0.5, 0.6) is 5.75 Å². The normalized spacial score (nSPS) is 15.4. The van der Waals surface area contributed by atoms with Crippen LogP contribution in [-0.4, -0.2) is 43.8 Å². The van der Waals surface area contributed by atoms with Gasteiger partial charge in [0.15, 0.2) is 0 Å². The van der Waals surface area contributed by atoms with E-state index in [4.69, 9.17) is 4.74 Å². The summed E-state index contributed by atoms with van der Waals surface area (Å²) in [6.07, 6.45) is 5.44. The number of carbonyl (C=O) groups excluding carboxylic acids is 1. The van der Waals surface area contributed by atoms with Gasteiger partial charge in [0.1, 0.15) is 5.75 Å². The van der Waals surface area contributed by atoms with Gasteiger partial charge in [-0.1, -0.05) is 18.9 Å². The van der Waals surface area contributed by atoms with E-state index in [1.807, 2.05) is 18.2 Å². The van der Waals surface area contributed by atoms with Crippen molar-refractivity contribution in [3.8, 4) is 5.75 Å². The number of fused-ring (bicyclic) bond motifs is 1. The van der Waals surface area contributed by atoms with Crippen molar-refractivity contribution in [1.29, 1.82) is 0 Å². The van der Waals surface area contributed by atoms with Gasteiger partial charge in [-0.25, -0.2) is 8.42 Å². The van der Waals surface area contributed by atoms with E-state index in [9.17, 15) is 13.2 Å². The topological polar surface area (TPSA) is 88.6 Å². The van der Waals surface area contributed by atoms with Crippen LogP contribution in [0.4, 0.5) is 5.69 Å². The molecule has 31 heavy (non-hydrogen) atoms. The summed E-state index contributed by atoms with van der Waals surface area (Å²) in [5.74, 6) is -0.133. The largest absolute Gasteiger partial charge is 0.496 e. The number of sulfonamides is 1. The Morgan fingerprint density at radius 1 is 1.03 bits per heavy atom. The second kappa shape index (κ2) is 9.03. The number of nitrogens with zero attached hydrogens (tertiary/aromatic N) is 2. The Bertz CT molecular complexity index is 1200. The third kappa shape index (κ3) is 4.40. The molecule has 3 aromatic rings. The van der Waals surface area contributed by atoms with Crippen molar-refractivity contribution in [1.82, 2.24) is 9.29 Å². The van der Waals surface area contributed by atoms with E-state index in [1.54, 1.807) is 18.3 Å². The number of aromatic nitrogens is 1. The Hall–Kier alpha value is -2.97. The van der Waals surface area contributed by atoms with Gasteiger partial charge in [0, 0.05) is 24.7 Å². The van der Waals surface area contributed by atoms with Crippen molar-refractivity contribution in [3.05, 3.63) is 60.3 Å². The number of pyridine rings is 1. The number of anilines is 1. The fourth-order valence-corrected chi connectivity index (χ4v) is 5.40. The molecule has 1 fully saturated rings. The van der Waals surface area contributed by atoms with Gasteiger partial charge in [0.05, 0.1) is 28.8 Å². The maximum absolute atomic E-state index is 13.2. The minimum atomic E-state index is -3.69. The molecule has 2 heterocycles. The molecule has 4 rings (SSSR count). The van der Waals surface area contributed by atoms with Crippen molar-refractivity contribution in [3.63, 3.8) is 0 Å². The van der Waals surface area contributed by atoms with Crippen LogP contribution in [0.1, 0.15) is 36.0 Å². The predicted molar refractivity (Wildman–Crippen MR) is 120 cm³/mol. The number of hydrogen-bond acceptors (Lipinski definition) is 5. The van der Waals surface area contributed by atoms with Crippen LogP contribution in [0.15, 0.2) is 59.6 Å². The number of nitrogens with one attached hydrogen (secondary N) is 1. The van der Waals surface area contributed by atoms with Crippen LogP contribution in [0, 0.1) is 0 Å². The van der Waals surface area contributed by atoms with Gasteiger partial charge in [-0.3, -0.25) is 9.78 Å². The second-order valence-corrected chi connectivity index (χ2v) is 9.45. The number of rotatable bonds is 5. The fraction of sp³-hybridized carbons (Fsp3) is 0.304. The first-order valence-electron chi connectivity index (χ1n) is 10.3. The van der Waals surface area contributed by atoms with Gasteiger partial charge >= 0.3 is 0 Å². The highest BCUT2D eigenvalue weighted by molar-refractivity contribution is 7.89. The molecule has 1 aliphatic heterocycles. The molecule has 0 spiro atoms. The van der Waals surface area contributed by atoms with Crippen LogP contribution in [0.25, 0.3) is 10.9 Å². The van der Waals surface area contributed by atoms with Gasteiger partial charge < -0.3 is 10.1 Å². The summed E-state index contributed by atoms with van der Waals surface area (Å²) in [7, 11) is -2.23. The van der Waals surface area contributed by atoms with Gasteiger partial charge in [-0.05, 0) is 55.3 Å². The molecule has 0 atom stereocenters. The monoisotopic (exact) mass is 439 g/mol. The van der Waals surface area contributed by atoms with Crippen LogP contribution >= 0.6 is 0 Å². The average Bonchev–Trinajstić information content (AvgIpc) is 3.09. The van der Waals surface area contributed by atoms with E-state index >= 15 is 0 Å². The molecule has 162 valence electrons. The van der Waals surface area contributed by atoms with E-state index in [1.165, 1.54) is 29.6 Å². The second-order valence-electron chi connectivity index (χ2n) is 7.51. The fourth-order valence-electron chi connectivity index (χ4n) is 3.86. The lowest BCUT2D eigenvalue weighted by atomic mass is 10.1. The Morgan fingerprint density at radius 2 is 1.81 bits per heavy atom. The molecule has 1 N–H and O–H groups in total. The molecule has 1 aromatic heterocycles. The molecule has 0 unspecified atom stereocenters. The molecule has 1 saturated heterocycles. The lowest BCUT2D eigenvalue weighted by Crippen LogP contribution is -2.32. The standard InChI is InChI=1S/C23H25N3O4S/c1-30-22-12-11-17(31(28,29)26-14-4-2-3-5-15-26)16-19(22)23(27)25-21-10-6-9-20-18(21)8-7-13-24-20/h6-13,16H,2-5,14-15H2,1H3,(H,25,27). The predicted octanol–water partition coefficient (Wildman–Crippen LogP) is 4.06. The SMILES string of the molecule is COc1ccc(S(=O)(=O)N2CCCCCC2)cc1C(=O)Nc1cccc2ncccc12. The Balaban J connectivity index is 1.68. The first kappa shape index (κ1) is 21.3. The zero-order valence-electron chi connectivity index (χ0n) is 17.4. The molecule has 1 amide bonds. The Morgan fingerprint density at radius 3 is 2.55 bits per heavy atom. The number of carbonyl (C=O) groups is 1. The summed E-state index contributed by atoms with van der Waals surface area (Å²) in [6.45, 7) is 0.998. The molecular weight excluding hydrogens is 414 g/mol. The smallest absolute Gasteiger partial charge is 0.259 e. The molecule has 7 nitrogen and oxygen atoms in total. The summed E-state index contributed by atoms with van der Waals surface area (Å²) in [4.78, 5) is 17.5. The summed E-state index contributed by atoms with van der Waals surface area (Å²) < 4.78 is 33.2. The lowest BCUT2D eigenvalue weighted by molar-refractivity contribution is 0.102. The first-order valence-corrected chi connectivity index (χ1v) is 11.8. The quantitative estimate of drug-likeness (QED) is 0.648. The van der Waals surface area contributed by atoms with Crippen LogP contribution < -0.4 is 10.1 Å². The number of hydrogen-bond donors (Lipinski definition) is 1. The molecule has 1 aliphatic rings. The van der Waals surface area contributed by atoms with Crippen molar-refractivity contribution >= 4 is 32.5 Å². The van der Waals surface area contributed by atoms with Gasteiger partial charge in [0.25, 0.3) is 5.91 Å². The average molecular weight is 440 g/mol. The molecule has 8 heteroatoms. The van der Waals surface area contributed by atoms with Crippen molar-refractivity contribution in [2.45, 2.75) is 30.6 Å². The maximum atomic E-state index is 13.2. The third-order valence-electron chi connectivity index (χ3n) is 5.51. The number of benzene rings is 2. The lowest BCUT2D eigenvalue weighted by Gasteiger charge is -2.20. The molecule has 0 bridgehead atoms. The maximum Gasteiger partial charge on any atom is 0.259 e. The molecular formula is C23H25N3O4S. The number of amides is 1.